The minimum Gasteiger partial charge on any atom is -0.380 e. The molecule has 3 nitrogen and oxygen atoms in total. The Bertz CT molecular complexity index is 217. The first kappa shape index (κ1) is 8.01. The van der Waals surface area contributed by atoms with Crippen LogP contribution in [0.15, 0.2) is 11.6 Å². The number of ether oxygens (including phenoxy) is 1. The van der Waals surface area contributed by atoms with Crippen molar-refractivity contribution in [1.82, 2.24) is 4.98 Å². The molecule has 0 unspecified atom stereocenters. The number of rotatable bonds is 1. The molecule has 0 spiro atoms. The van der Waals surface area contributed by atoms with Crippen molar-refractivity contribution in [2.75, 3.05) is 31.2 Å². The van der Waals surface area contributed by atoms with Gasteiger partial charge in [-0.25, -0.2) is 4.98 Å². The van der Waals surface area contributed by atoms with Crippen LogP contribution in [0.25, 0.3) is 0 Å². The summed E-state index contributed by atoms with van der Waals surface area (Å²) in [6, 6.07) is 0. The van der Waals surface area contributed by atoms with Crippen LogP contribution in [0.5, 0.6) is 0 Å². The summed E-state index contributed by atoms with van der Waals surface area (Å²) in [5.74, 6) is 0. The zero-order valence-corrected chi connectivity index (χ0v) is 7.72. The van der Waals surface area contributed by atoms with Crippen molar-refractivity contribution < 1.29 is 4.74 Å². The van der Waals surface area contributed by atoms with Crippen LogP contribution in [-0.4, -0.2) is 31.3 Å². The van der Waals surface area contributed by atoms with Gasteiger partial charge in [0, 0.05) is 31.3 Å². The van der Waals surface area contributed by atoms with Crippen LogP contribution in [0.2, 0.25) is 0 Å². The maximum absolute atomic E-state index is 5.36. The molecule has 1 fully saturated rings. The number of nitrogens with zero attached hydrogens (tertiary/aromatic N) is 2. The Morgan fingerprint density at radius 1 is 1.42 bits per heavy atom. The number of hydrogen-bond acceptors (Lipinski definition) is 4. The lowest BCUT2D eigenvalue weighted by molar-refractivity contribution is 0.152. The first-order valence-corrected chi connectivity index (χ1v) is 5.07. The van der Waals surface area contributed by atoms with Gasteiger partial charge in [-0.2, -0.15) is 0 Å². The molecule has 0 radical (unpaired) electrons. The Kier molecular flexibility index (Phi) is 2.58. The summed E-state index contributed by atoms with van der Waals surface area (Å²) in [6.45, 7) is 3.78. The third-order valence-corrected chi connectivity index (χ3v) is 2.74. The molecule has 0 aliphatic carbocycles. The highest BCUT2D eigenvalue weighted by atomic mass is 32.1. The van der Waals surface area contributed by atoms with Crippen LogP contribution in [0.3, 0.4) is 0 Å². The van der Waals surface area contributed by atoms with Crippen LogP contribution < -0.4 is 4.90 Å². The maximum atomic E-state index is 5.36. The molecule has 2 rings (SSSR count). The van der Waals surface area contributed by atoms with Gasteiger partial charge in [0.25, 0.3) is 0 Å². The fourth-order valence-corrected chi connectivity index (χ4v) is 2.01. The summed E-state index contributed by atoms with van der Waals surface area (Å²) < 4.78 is 5.36. The molecule has 0 N–H and O–H groups in total. The second kappa shape index (κ2) is 3.87. The van der Waals surface area contributed by atoms with Gasteiger partial charge in [-0.1, -0.05) is 0 Å². The molecule has 0 aromatic carbocycles. The second-order valence-corrected chi connectivity index (χ2v) is 3.64. The van der Waals surface area contributed by atoms with Crippen molar-refractivity contribution in [3.8, 4) is 0 Å². The van der Waals surface area contributed by atoms with E-state index < -0.39 is 0 Å². The second-order valence-electron chi connectivity index (χ2n) is 2.77. The molecule has 0 atom stereocenters. The molecule has 1 aliphatic rings. The number of hydrogen-bond donors (Lipinski definition) is 0. The van der Waals surface area contributed by atoms with E-state index in [0.29, 0.717) is 0 Å². The molecule has 4 heteroatoms. The molecule has 66 valence electrons. The smallest absolute Gasteiger partial charge is 0.185 e. The van der Waals surface area contributed by atoms with Crippen LogP contribution in [0.1, 0.15) is 6.42 Å². The normalized spacial score (nSPS) is 19.2. The molecular weight excluding hydrogens is 172 g/mol. The summed E-state index contributed by atoms with van der Waals surface area (Å²) in [6.07, 6.45) is 2.96. The van der Waals surface area contributed by atoms with Crippen LogP contribution in [0.4, 0.5) is 5.13 Å². The minimum absolute atomic E-state index is 0.833. The third kappa shape index (κ3) is 1.76. The Labute approximate surface area is 76.0 Å². The molecule has 0 amide bonds. The Hall–Kier alpha value is -0.610. The lowest BCUT2D eigenvalue weighted by Crippen LogP contribution is -2.25. The van der Waals surface area contributed by atoms with Crippen LogP contribution in [-0.2, 0) is 4.74 Å². The first-order chi connectivity index (χ1) is 5.97. The fourth-order valence-electron chi connectivity index (χ4n) is 1.31. The highest BCUT2D eigenvalue weighted by molar-refractivity contribution is 7.13. The lowest BCUT2D eigenvalue weighted by atomic mass is 10.4. The fraction of sp³-hybridized carbons (Fsp3) is 0.625. The molecule has 12 heavy (non-hydrogen) atoms. The number of thiazole rings is 1. The van der Waals surface area contributed by atoms with E-state index in [4.69, 9.17) is 4.74 Å². The zero-order chi connectivity index (χ0) is 8.23. The zero-order valence-electron chi connectivity index (χ0n) is 6.90. The van der Waals surface area contributed by atoms with E-state index in [1.807, 2.05) is 11.6 Å². The van der Waals surface area contributed by atoms with E-state index in [1.165, 1.54) is 0 Å². The summed E-state index contributed by atoms with van der Waals surface area (Å²) in [5.41, 5.74) is 0. The van der Waals surface area contributed by atoms with E-state index >= 15 is 0 Å². The average Bonchev–Trinajstić information content (AvgIpc) is 2.48. The van der Waals surface area contributed by atoms with Gasteiger partial charge in [0.05, 0.1) is 6.61 Å². The third-order valence-electron chi connectivity index (χ3n) is 1.91. The standard InChI is InChI=1S/C8H12N2OS/c1-3-10(4-6-11-5-1)8-9-2-7-12-8/h2,7H,1,3-6H2. The Morgan fingerprint density at radius 2 is 2.42 bits per heavy atom. The Morgan fingerprint density at radius 3 is 3.25 bits per heavy atom. The first-order valence-electron chi connectivity index (χ1n) is 4.19. The average molecular weight is 184 g/mol. The predicted octanol–water partition coefficient (Wildman–Crippen LogP) is 1.37. The topological polar surface area (TPSA) is 25.4 Å². The van der Waals surface area contributed by atoms with Gasteiger partial charge in [0.15, 0.2) is 5.13 Å². The van der Waals surface area contributed by atoms with E-state index in [-0.39, 0.29) is 0 Å². The van der Waals surface area contributed by atoms with Crippen molar-refractivity contribution in [2.45, 2.75) is 6.42 Å². The summed E-state index contributed by atoms with van der Waals surface area (Å²) >= 11 is 1.70. The molecule has 1 saturated heterocycles. The summed E-state index contributed by atoms with van der Waals surface area (Å²) in [7, 11) is 0. The molecule has 1 aliphatic heterocycles. The molecule has 1 aromatic rings. The number of anilines is 1. The van der Waals surface area contributed by atoms with Gasteiger partial charge < -0.3 is 9.64 Å². The van der Waals surface area contributed by atoms with Gasteiger partial charge in [0.1, 0.15) is 0 Å². The van der Waals surface area contributed by atoms with Gasteiger partial charge >= 0.3 is 0 Å². The van der Waals surface area contributed by atoms with Gasteiger partial charge in [0.2, 0.25) is 0 Å². The predicted molar refractivity (Wildman–Crippen MR) is 49.8 cm³/mol. The SMILES string of the molecule is c1csc(N2CCCOCC2)n1. The van der Waals surface area contributed by atoms with Gasteiger partial charge in [-0.3, -0.25) is 0 Å². The quantitative estimate of drug-likeness (QED) is 0.659. The maximum Gasteiger partial charge on any atom is 0.185 e. The highest BCUT2D eigenvalue weighted by Crippen LogP contribution is 2.18. The summed E-state index contributed by atoms with van der Waals surface area (Å²) in [5, 5.41) is 3.14. The van der Waals surface area contributed by atoms with E-state index in [0.717, 1.165) is 37.9 Å². The monoisotopic (exact) mass is 184 g/mol. The minimum atomic E-state index is 0.833. The molecule has 0 bridgehead atoms. The largest absolute Gasteiger partial charge is 0.380 e. The van der Waals surface area contributed by atoms with Crippen molar-refractivity contribution in [2.24, 2.45) is 0 Å². The van der Waals surface area contributed by atoms with Gasteiger partial charge in [-0.05, 0) is 6.42 Å². The van der Waals surface area contributed by atoms with Crippen LogP contribution >= 0.6 is 11.3 Å². The van der Waals surface area contributed by atoms with Crippen molar-refractivity contribution in [3.63, 3.8) is 0 Å². The molecular formula is C8H12N2OS. The van der Waals surface area contributed by atoms with E-state index in [2.05, 4.69) is 9.88 Å². The number of aromatic nitrogens is 1. The van der Waals surface area contributed by atoms with Crippen LogP contribution in [0, 0.1) is 0 Å². The van der Waals surface area contributed by atoms with Crippen molar-refractivity contribution in [3.05, 3.63) is 11.6 Å². The molecule has 0 saturated carbocycles. The van der Waals surface area contributed by atoms with E-state index in [1.54, 1.807) is 11.3 Å². The Balaban J connectivity index is 2.02. The highest BCUT2D eigenvalue weighted by Gasteiger charge is 2.10. The van der Waals surface area contributed by atoms with Crippen molar-refractivity contribution in [1.29, 1.82) is 0 Å². The van der Waals surface area contributed by atoms with E-state index in [9.17, 15) is 0 Å². The summed E-state index contributed by atoms with van der Waals surface area (Å²) in [4.78, 5) is 6.56. The molecule has 2 heterocycles. The molecule has 1 aromatic heterocycles. The lowest BCUT2D eigenvalue weighted by Gasteiger charge is -2.17. The van der Waals surface area contributed by atoms with Crippen molar-refractivity contribution >= 4 is 16.5 Å². The van der Waals surface area contributed by atoms with Gasteiger partial charge in [-0.15, -0.1) is 11.3 Å².